The van der Waals surface area contributed by atoms with Crippen molar-refractivity contribution >= 4 is 0 Å². The third-order valence-corrected chi connectivity index (χ3v) is 4.80. The molecule has 3 rings (SSSR count). The first-order chi connectivity index (χ1) is 8.61. The highest BCUT2D eigenvalue weighted by Gasteiger charge is 2.58. The molecule has 3 nitrogen and oxygen atoms in total. The van der Waals surface area contributed by atoms with E-state index in [-0.39, 0.29) is 5.41 Å². The van der Waals surface area contributed by atoms with Crippen molar-refractivity contribution in [2.24, 2.45) is 11.7 Å². The molecule has 3 heteroatoms. The topological polar surface area (TPSA) is 55.5 Å². The first-order valence-electron chi connectivity index (χ1n) is 6.76. The highest BCUT2D eigenvalue weighted by Crippen LogP contribution is 2.54. The summed E-state index contributed by atoms with van der Waals surface area (Å²) in [5.74, 6) is 1.48. The van der Waals surface area contributed by atoms with Gasteiger partial charge in [-0.1, -0.05) is 25.1 Å². The average Bonchev–Trinajstić information content (AvgIpc) is 2.36. The molecule has 1 aliphatic heterocycles. The van der Waals surface area contributed by atoms with Crippen LogP contribution < -0.4 is 10.5 Å². The number of benzene rings is 1. The summed E-state index contributed by atoms with van der Waals surface area (Å²) in [4.78, 5) is 0. The van der Waals surface area contributed by atoms with Gasteiger partial charge in [0.25, 0.3) is 0 Å². The van der Waals surface area contributed by atoms with Gasteiger partial charge in [-0.05, 0) is 31.2 Å². The standard InChI is InChI=1S/C15H21NO2/c1-11-8-15(17,9-11)14(10-16)6-7-18-13-5-3-2-4-12(13)14/h2-5,11,17H,6-10,16H2,1H3. The molecule has 1 saturated carbocycles. The molecule has 1 aliphatic carbocycles. The fourth-order valence-electron chi connectivity index (χ4n) is 3.83. The second-order valence-electron chi connectivity index (χ2n) is 5.93. The van der Waals surface area contributed by atoms with Gasteiger partial charge in [-0.2, -0.15) is 0 Å². The van der Waals surface area contributed by atoms with Gasteiger partial charge in [0.1, 0.15) is 5.75 Å². The van der Waals surface area contributed by atoms with E-state index >= 15 is 0 Å². The number of ether oxygens (including phenoxy) is 1. The second kappa shape index (κ2) is 3.97. The molecule has 1 aromatic rings. The maximum absolute atomic E-state index is 11.0. The molecular weight excluding hydrogens is 226 g/mol. The van der Waals surface area contributed by atoms with Crippen LogP contribution >= 0.6 is 0 Å². The van der Waals surface area contributed by atoms with Gasteiger partial charge in [0, 0.05) is 17.5 Å². The van der Waals surface area contributed by atoms with Crippen LogP contribution in [0.3, 0.4) is 0 Å². The monoisotopic (exact) mass is 247 g/mol. The molecule has 0 radical (unpaired) electrons. The molecule has 98 valence electrons. The van der Waals surface area contributed by atoms with Crippen molar-refractivity contribution in [3.8, 4) is 5.75 Å². The summed E-state index contributed by atoms with van der Waals surface area (Å²) in [7, 11) is 0. The Morgan fingerprint density at radius 3 is 2.78 bits per heavy atom. The van der Waals surface area contributed by atoms with E-state index < -0.39 is 5.60 Å². The molecule has 0 bridgehead atoms. The lowest BCUT2D eigenvalue weighted by molar-refractivity contribution is -0.136. The van der Waals surface area contributed by atoms with E-state index in [4.69, 9.17) is 10.5 Å². The van der Waals surface area contributed by atoms with E-state index in [2.05, 4.69) is 13.0 Å². The van der Waals surface area contributed by atoms with Crippen LogP contribution in [-0.4, -0.2) is 23.9 Å². The van der Waals surface area contributed by atoms with Crippen molar-refractivity contribution in [2.75, 3.05) is 13.2 Å². The number of aliphatic hydroxyl groups is 1. The van der Waals surface area contributed by atoms with Crippen LogP contribution in [-0.2, 0) is 5.41 Å². The Bertz CT molecular complexity index is 454. The minimum atomic E-state index is -0.652. The van der Waals surface area contributed by atoms with Gasteiger partial charge in [0.05, 0.1) is 12.2 Å². The quantitative estimate of drug-likeness (QED) is 0.838. The minimum absolute atomic E-state index is 0.325. The third kappa shape index (κ3) is 1.44. The second-order valence-corrected chi connectivity index (χ2v) is 5.93. The number of hydrogen-bond donors (Lipinski definition) is 2. The Balaban J connectivity index is 2.08. The van der Waals surface area contributed by atoms with Crippen LogP contribution in [0.2, 0.25) is 0 Å². The molecule has 1 fully saturated rings. The smallest absolute Gasteiger partial charge is 0.123 e. The van der Waals surface area contributed by atoms with Gasteiger partial charge in [-0.25, -0.2) is 0 Å². The lowest BCUT2D eigenvalue weighted by atomic mass is 9.53. The number of rotatable bonds is 2. The van der Waals surface area contributed by atoms with Crippen LogP contribution in [0.1, 0.15) is 31.7 Å². The molecule has 0 amide bonds. The molecule has 1 heterocycles. The maximum Gasteiger partial charge on any atom is 0.123 e. The summed E-state index contributed by atoms with van der Waals surface area (Å²) < 4.78 is 5.70. The summed E-state index contributed by atoms with van der Waals surface area (Å²) in [5.41, 5.74) is 6.19. The highest BCUT2D eigenvalue weighted by molar-refractivity contribution is 5.45. The summed E-state index contributed by atoms with van der Waals surface area (Å²) in [6.45, 7) is 3.31. The van der Waals surface area contributed by atoms with E-state index in [0.29, 0.717) is 19.1 Å². The van der Waals surface area contributed by atoms with Crippen molar-refractivity contribution in [3.63, 3.8) is 0 Å². The Morgan fingerprint density at radius 1 is 1.39 bits per heavy atom. The van der Waals surface area contributed by atoms with Crippen molar-refractivity contribution in [1.29, 1.82) is 0 Å². The Kier molecular flexibility index (Phi) is 2.65. The van der Waals surface area contributed by atoms with Crippen molar-refractivity contribution in [1.82, 2.24) is 0 Å². The first kappa shape index (κ1) is 12.0. The number of para-hydroxylation sites is 1. The van der Waals surface area contributed by atoms with Gasteiger partial charge in [-0.3, -0.25) is 0 Å². The largest absolute Gasteiger partial charge is 0.493 e. The molecule has 1 atom stereocenters. The SMILES string of the molecule is CC1CC(O)(C2(CN)CCOc3ccccc32)C1. The molecular formula is C15H21NO2. The average molecular weight is 247 g/mol. The van der Waals surface area contributed by atoms with Crippen LogP contribution in [0.15, 0.2) is 24.3 Å². The van der Waals surface area contributed by atoms with E-state index in [9.17, 15) is 5.11 Å². The van der Waals surface area contributed by atoms with Gasteiger partial charge in [0.15, 0.2) is 0 Å². The van der Waals surface area contributed by atoms with Crippen LogP contribution in [0.5, 0.6) is 5.75 Å². The Hall–Kier alpha value is -1.06. The molecule has 18 heavy (non-hydrogen) atoms. The van der Waals surface area contributed by atoms with Crippen molar-refractivity contribution in [3.05, 3.63) is 29.8 Å². The molecule has 1 unspecified atom stereocenters. The molecule has 0 aromatic heterocycles. The lowest BCUT2D eigenvalue weighted by Gasteiger charge is -2.56. The number of fused-ring (bicyclic) bond motifs is 1. The highest BCUT2D eigenvalue weighted by atomic mass is 16.5. The molecule has 3 N–H and O–H groups in total. The summed E-state index contributed by atoms with van der Waals surface area (Å²) in [6, 6.07) is 8.01. The zero-order chi connectivity index (χ0) is 12.8. The van der Waals surface area contributed by atoms with Crippen molar-refractivity contribution < 1.29 is 9.84 Å². The van der Waals surface area contributed by atoms with E-state index in [1.165, 1.54) is 0 Å². The molecule has 1 aromatic carbocycles. The normalized spacial score (nSPS) is 38.5. The third-order valence-electron chi connectivity index (χ3n) is 4.80. The number of nitrogens with two attached hydrogens (primary N) is 1. The Labute approximate surface area is 108 Å². The minimum Gasteiger partial charge on any atom is -0.493 e. The van der Waals surface area contributed by atoms with E-state index in [0.717, 1.165) is 30.6 Å². The molecule has 2 aliphatic rings. The Morgan fingerprint density at radius 2 is 2.11 bits per heavy atom. The van der Waals surface area contributed by atoms with Gasteiger partial charge >= 0.3 is 0 Å². The van der Waals surface area contributed by atoms with Gasteiger partial charge < -0.3 is 15.6 Å². The van der Waals surface area contributed by atoms with Crippen LogP contribution in [0.4, 0.5) is 0 Å². The maximum atomic E-state index is 11.0. The number of hydrogen-bond acceptors (Lipinski definition) is 3. The predicted molar refractivity (Wildman–Crippen MR) is 70.6 cm³/mol. The molecule has 0 spiro atoms. The summed E-state index contributed by atoms with van der Waals surface area (Å²) in [6.07, 6.45) is 2.50. The molecule has 0 saturated heterocycles. The fraction of sp³-hybridized carbons (Fsp3) is 0.600. The van der Waals surface area contributed by atoms with Crippen LogP contribution in [0.25, 0.3) is 0 Å². The van der Waals surface area contributed by atoms with Gasteiger partial charge in [-0.15, -0.1) is 0 Å². The van der Waals surface area contributed by atoms with Crippen LogP contribution in [0, 0.1) is 5.92 Å². The summed E-state index contributed by atoms with van der Waals surface area (Å²) >= 11 is 0. The van der Waals surface area contributed by atoms with E-state index in [1.807, 2.05) is 18.2 Å². The summed E-state index contributed by atoms with van der Waals surface area (Å²) in [5, 5.41) is 11.0. The van der Waals surface area contributed by atoms with Gasteiger partial charge in [0.2, 0.25) is 0 Å². The van der Waals surface area contributed by atoms with E-state index in [1.54, 1.807) is 0 Å². The van der Waals surface area contributed by atoms with Crippen molar-refractivity contribution in [2.45, 2.75) is 37.2 Å². The lowest BCUT2D eigenvalue weighted by Crippen LogP contribution is -2.63. The zero-order valence-electron chi connectivity index (χ0n) is 10.9. The fourth-order valence-corrected chi connectivity index (χ4v) is 3.83. The predicted octanol–water partition coefficient (Wildman–Crippen LogP) is 1.83. The first-order valence-corrected chi connectivity index (χ1v) is 6.76. The zero-order valence-corrected chi connectivity index (χ0v) is 10.9.